The van der Waals surface area contributed by atoms with Gasteiger partial charge >= 0.3 is 0 Å². The summed E-state index contributed by atoms with van der Waals surface area (Å²) in [5, 5.41) is 8.67. The molecular formula is C12H25NO2S. The molecule has 0 radical (unpaired) electrons. The van der Waals surface area contributed by atoms with E-state index in [9.17, 15) is 0 Å². The van der Waals surface area contributed by atoms with Crippen LogP contribution >= 0.6 is 11.8 Å². The van der Waals surface area contributed by atoms with Gasteiger partial charge < -0.3 is 14.7 Å². The van der Waals surface area contributed by atoms with E-state index in [1.54, 1.807) is 0 Å². The number of thioether (sulfide) groups is 1. The van der Waals surface area contributed by atoms with Gasteiger partial charge in [-0.25, -0.2) is 0 Å². The largest absolute Gasteiger partial charge is 0.396 e. The highest BCUT2D eigenvalue weighted by Gasteiger charge is 2.18. The zero-order chi connectivity index (χ0) is 11.6. The molecule has 0 aromatic rings. The predicted molar refractivity (Wildman–Crippen MR) is 70.1 cm³/mol. The first kappa shape index (κ1) is 14.3. The van der Waals surface area contributed by atoms with Crippen molar-refractivity contribution < 1.29 is 9.84 Å². The van der Waals surface area contributed by atoms with Crippen LogP contribution in [0.1, 0.15) is 26.2 Å². The zero-order valence-corrected chi connectivity index (χ0v) is 11.2. The summed E-state index contributed by atoms with van der Waals surface area (Å²) in [4.78, 5) is 2.54. The van der Waals surface area contributed by atoms with Gasteiger partial charge in [0.1, 0.15) is 0 Å². The molecule has 0 unspecified atom stereocenters. The molecule has 1 saturated heterocycles. The monoisotopic (exact) mass is 247 g/mol. The predicted octanol–water partition coefficient (Wildman–Crippen LogP) is 1.60. The molecule has 0 aromatic heterocycles. The molecule has 3 nitrogen and oxygen atoms in total. The summed E-state index contributed by atoms with van der Waals surface area (Å²) in [6.07, 6.45) is 3.51. The van der Waals surface area contributed by atoms with Gasteiger partial charge in [0, 0.05) is 38.6 Å². The number of hydrogen-bond donors (Lipinski definition) is 1. The molecule has 16 heavy (non-hydrogen) atoms. The van der Waals surface area contributed by atoms with Crippen LogP contribution in [0.3, 0.4) is 0 Å². The zero-order valence-electron chi connectivity index (χ0n) is 10.4. The highest BCUT2D eigenvalue weighted by Crippen LogP contribution is 2.14. The van der Waals surface area contributed by atoms with E-state index in [0.29, 0.717) is 12.7 Å². The summed E-state index contributed by atoms with van der Waals surface area (Å²) in [5.41, 5.74) is 0. The third-order valence-electron chi connectivity index (χ3n) is 2.95. The van der Waals surface area contributed by atoms with Gasteiger partial charge in [0.05, 0.1) is 6.10 Å². The lowest BCUT2D eigenvalue weighted by atomic mass is 10.1. The van der Waals surface area contributed by atoms with E-state index in [4.69, 9.17) is 9.84 Å². The minimum Gasteiger partial charge on any atom is -0.396 e. The summed E-state index contributed by atoms with van der Waals surface area (Å²) in [6, 6.07) is 0. The van der Waals surface area contributed by atoms with Gasteiger partial charge in [0.2, 0.25) is 0 Å². The number of aliphatic hydroxyl groups is 1. The van der Waals surface area contributed by atoms with Crippen LogP contribution in [0.5, 0.6) is 0 Å². The lowest BCUT2D eigenvalue weighted by Crippen LogP contribution is -2.38. The fraction of sp³-hybridized carbons (Fsp3) is 1.00. The van der Waals surface area contributed by atoms with Crippen LogP contribution in [0.4, 0.5) is 0 Å². The molecule has 0 saturated carbocycles. The second kappa shape index (κ2) is 9.28. The highest BCUT2D eigenvalue weighted by molar-refractivity contribution is 7.99. The van der Waals surface area contributed by atoms with Crippen molar-refractivity contribution in [3.05, 3.63) is 0 Å². The normalized spacial score (nSPS) is 19.1. The molecule has 1 fully saturated rings. The molecule has 96 valence electrons. The van der Waals surface area contributed by atoms with Crippen LogP contribution in [0.2, 0.25) is 0 Å². The molecule has 1 N–H and O–H groups in total. The van der Waals surface area contributed by atoms with Crippen molar-refractivity contribution in [1.29, 1.82) is 0 Å². The van der Waals surface area contributed by atoms with Crippen LogP contribution in [-0.4, -0.2) is 60.5 Å². The van der Waals surface area contributed by atoms with Crippen molar-refractivity contribution in [2.75, 3.05) is 44.4 Å². The molecule has 0 spiro atoms. The number of hydrogen-bond acceptors (Lipinski definition) is 4. The number of nitrogens with zero attached hydrogens (tertiary/aromatic N) is 1. The van der Waals surface area contributed by atoms with Crippen molar-refractivity contribution in [2.24, 2.45) is 0 Å². The molecule has 0 aromatic carbocycles. The Bertz CT molecular complexity index is 143. The van der Waals surface area contributed by atoms with Gasteiger partial charge in [-0.05, 0) is 25.0 Å². The van der Waals surface area contributed by atoms with E-state index in [1.165, 1.54) is 31.1 Å². The first-order valence-corrected chi connectivity index (χ1v) is 7.54. The molecule has 1 aliphatic heterocycles. The van der Waals surface area contributed by atoms with E-state index in [1.807, 2.05) is 11.8 Å². The average molecular weight is 247 g/mol. The molecule has 1 heterocycles. The van der Waals surface area contributed by atoms with Gasteiger partial charge in [0.25, 0.3) is 0 Å². The summed E-state index contributed by atoms with van der Waals surface area (Å²) < 4.78 is 5.71. The molecule has 0 atom stereocenters. The molecule has 4 heteroatoms. The van der Waals surface area contributed by atoms with Gasteiger partial charge in [0.15, 0.2) is 0 Å². The fourth-order valence-corrected chi connectivity index (χ4v) is 2.63. The topological polar surface area (TPSA) is 32.7 Å². The van der Waals surface area contributed by atoms with Crippen LogP contribution in [0.25, 0.3) is 0 Å². The average Bonchev–Trinajstić information content (AvgIpc) is 2.32. The Morgan fingerprint density at radius 3 is 2.75 bits per heavy atom. The third-order valence-corrected chi connectivity index (χ3v) is 3.83. The maximum absolute atomic E-state index is 8.67. The van der Waals surface area contributed by atoms with E-state index in [0.717, 1.165) is 19.3 Å². The van der Waals surface area contributed by atoms with Gasteiger partial charge in [-0.2, -0.15) is 11.8 Å². The van der Waals surface area contributed by atoms with Crippen LogP contribution < -0.4 is 0 Å². The molecule has 1 aliphatic rings. The maximum Gasteiger partial charge on any atom is 0.0599 e. The Labute approximate surface area is 104 Å². The Morgan fingerprint density at radius 2 is 2.12 bits per heavy atom. The van der Waals surface area contributed by atoms with Crippen LogP contribution in [0.15, 0.2) is 0 Å². The fourth-order valence-electron chi connectivity index (χ4n) is 1.95. The SMILES string of the molecule is CCSCCN1CCC(OCCCO)CC1. The first-order chi connectivity index (χ1) is 7.86. The highest BCUT2D eigenvalue weighted by atomic mass is 32.2. The standard InChI is InChI=1S/C12H25NO2S/c1-2-16-11-8-13-6-4-12(5-7-13)15-10-3-9-14/h12,14H,2-11H2,1H3. The summed E-state index contributed by atoms with van der Waals surface area (Å²) in [5.74, 6) is 2.48. The number of ether oxygens (including phenoxy) is 1. The van der Waals surface area contributed by atoms with E-state index >= 15 is 0 Å². The van der Waals surface area contributed by atoms with Crippen LogP contribution in [0, 0.1) is 0 Å². The maximum atomic E-state index is 8.67. The summed E-state index contributed by atoms with van der Waals surface area (Å²) in [6.45, 7) is 6.75. The van der Waals surface area contributed by atoms with Crippen LogP contribution in [-0.2, 0) is 4.74 Å². The second-order valence-corrected chi connectivity index (χ2v) is 5.58. The van der Waals surface area contributed by atoms with Crippen molar-refractivity contribution in [3.8, 4) is 0 Å². The minimum atomic E-state index is 0.243. The Morgan fingerprint density at radius 1 is 1.38 bits per heavy atom. The smallest absolute Gasteiger partial charge is 0.0599 e. The summed E-state index contributed by atoms with van der Waals surface area (Å²) in [7, 11) is 0. The first-order valence-electron chi connectivity index (χ1n) is 6.39. The number of likely N-dealkylation sites (tertiary alicyclic amines) is 1. The van der Waals surface area contributed by atoms with Gasteiger partial charge in [-0.1, -0.05) is 6.92 Å². The van der Waals surface area contributed by atoms with Gasteiger partial charge in [-0.3, -0.25) is 0 Å². The van der Waals surface area contributed by atoms with E-state index in [-0.39, 0.29) is 6.61 Å². The Kier molecular flexibility index (Phi) is 8.29. The van der Waals surface area contributed by atoms with Gasteiger partial charge in [-0.15, -0.1) is 0 Å². The molecule has 1 rings (SSSR count). The number of piperidine rings is 1. The number of rotatable bonds is 8. The van der Waals surface area contributed by atoms with E-state index < -0.39 is 0 Å². The molecular weight excluding hydrogens is 222 g/mol. The quantitative estimate of drug-likeness (QED) is 0.661. The second-order valence-electron chi connectivity index (χ2n) is 4.19. The van der Waals surface area contributed by atoms with Crippen molar-refractivity contribution in [2.45, 2.75) is 32.3 Å². The Hall–Kier alpha value is 0.230. The summed E-state index contributed by atoms with van der Waals surface area (Å²) >= 11 is 2.02. The van der Waals surface area contributed by atoms with Crippen molar-refractivity contribution in [3.63, 3.8) is 0 Å². The lowest BCUT2D eigenvalue weighted by Gasteiger charge is -2.31. The number of aliphatic hydroxyl groups excluding tert-OH is 1. The lowest BCUT2D eigenvalue weighted by molar-refractivity contribution is 0.00349. The Balaban J connectivity index is 2.00. The molecule has 0 amide bonds. The van der Waals surface area contributed by atoms with Crippen molar-refractivity contribution >= 4 is 11.8 Å². The van der Waals surface area contributed by atoms with Crippen molar-refractivity contribution in [1.82, 2.24) is 4.90 Å². The third kappa shape index (κ3) is 6.09. The molecule has 0 aliphatic carbocycles. The molecule has 0 bridgehead atoms. The van der Waals surface area contributed by atoms with E-state index in [2.05, 4.69) is 11.8 Å². The minimum absolute atomic E-state index is 0.243.